The summed E-state index contributed by atoms with van der Waals surface area (Å²) in [5.74, 6) is -0.566. The molecule has 0 aromatic heterocycles. The fraction of sp³-hybridized carbons (Fsp3) is 0.462. The lowest BCUT2D eigenvalue weighted by Crippen LogP contribution is -2.38. The Kier molecular flexibility index (Phi) is 5.86. The molecular formula is C13H15BrF3NO2. The van der Waals surface area contributed by atoms with E-state index in [4.69, 9.17) is 0 Å². The van der Waals surface area contributed by atoms with Crippen molar-refractivity contribution in [2.45, 2.75) is 26.3 Å². The van der Waals surface area contributed by atoms with Crippen molar-refractivity contribution in [2.24, 2.45) is 0 Å². The monoisotopic (exact) mass is 353 g/mol. The van der Waals surface area contributed by atoms with E-state index in [0.717, 1.165) is 12.1 Å². The predicted molar refractivity (Wildman–Crippen MR) is 73.1 cm³/mol. The quantitative estimate of drug-likeness (QED) is 0.753. The average Bonchev–Trinajstić information content (AvgIpc) is 2.33. The zero-order valence-corrected chi connectivity index (χ0v) is 12.7. The van der Waals surface area contributed by atoms with Gasteiger partial charge in [-0.3, -0.25) is 4.79 Å². The van der Waals surface area contributed by atoms with Crippen LogP contribution in [0.3, 0.4) is 0 Å². The van der Waals surface area contributed by atoms with Gasteiger partial charge < -0.3 is 9.64 Å². The number of halogens is 4. The highest BCUT2D eigenvalue weighted by molar-refractivity contribution is 9.09. The van der Waals surface area contributed by atoms with Crippen LogP contribution in [0.5, 0.6) is 5.75 Å². The first-order valence-corrected chi connectivity index (χ1v) is 7.09. The van der Waals surface area contributed by atoms with Crippen molar-refractivity contribution in [2.75, 3.05) is 11.9 Å². The highest BCUT2D eigenvalue weighted by Crippen LogP contribution is 2.23. The molecule has 0 aliphatic carbocycles. The molecule has 3 nitrogen and oxygen atoms in total. The van der Waals surface area contributed by atoms with E-state index >= 15 is 0 Å². The average molecular weight is 354 g/mol. The maximum absolute atomic E-state index is 12.2. The summed E-state index contributed by atoms with van der Waals surface area (Å²) in [5, 5.41) is 0.631. The first-order valence-electron chi connectivity index (χ1n) is 5.97. The number of hydrogen-bond donors (Lipinski definition) is 0. The third-order valence-corrected chi connectivity index (χ3v) is 2.90. The zero-order valence-electron chi connectivity index (χ0n) is 11.1. The largest absolute Gasteiger partial charge is 0.573 e. The SMILES string of the molecule is CC(C)N(CCBr)C(=O)c1ccc(OC(F)(F)F)cc1. The van der Waals surface area contributed by atoms with Gasteiger partial charge in [-0.05, 0) is 38.1 Å². The highest BCUT2D eigenvalue weighted by Gasteiger charge is 2.31. The van der Waals surface area contributed by atoms with Gasteiger partial charge in [0, 0.05) is 23.5 Å². The minimum absolute atomic E-state index is 0.00570. The molecule has 0 bridgehead atoms. The molecule has 7 heteroatoms. The summed E-state index contributed by atoms with van der Waals surface area (Å²) in [6.45, 7) is 4.28. The van der Waals surface area contributed by atoms with Crippen LogP contribution in [0, 0.1) is 0 Å². The molecule has 1 aromatic carbocycles. The van der Waals surface area contributed by atoms with Crippen molar-refractivity contribution < 1.29 is 22.7 Å². The van der Waals surface area contributed by atoms with Crippen molar-refractivity contribution in [3.63, 3.8) is 0 Å². The molecule has 0 unspecified atom stereocenters. The Balaban J connectivity index is 2.84. The molecule has 0 aliphatic rings. The van der Waals surface area contributed by atoms with Gasteiger partial charge in [-0.25, -0.2) is 0 Å². The van der Waals surface area contributed by atoms with Crippen LogP contribution in [0.4, 0.5) is 13.2 Å². The third kappa shape index (κ3) is 5.03. The Morgan fingerprint density at radius 2 is 1.85 bits per heavy atom. The molecule has 0 fully saturated rings. The lowest BCUT2D eigenvalue weighted by atomic mass is 10.1. The summed E-state index contributed by atoms with van der Waals surface area (Å²) < 4.78 is 39.9. The van der Waals surface area contributed by atoms with Crippen molar-refractivity contribution in [3.05, 3.63) is 29.8 Å². The first kappa shape index (κ1) is 16.8. The van der Waals surface area contributed by atoms with E-state index in [1.807, 2.05) is 13.8 Å². The van der Waals surface area contributed by atoms with E-state index in [1.165, 1.54) is 12.1 Å². The van der Waals surface area contributed by atoms with Crippen LogP contribution >= 0.6 is 15.9 Å². The second kappa shape index (κ2) is 6.97. The number of carbonyl (C=O) groups is 1. The number of nitrogens with zero attached hydrogens (tertiary/aromatic N) is 1. The molecule has 20 heavy (non-hydrogen) atoms. The van der Waals surface area contributed by atoms with Crippen LogP contribution in [0.25, 0.3) is 0 Å². The lowest BCUT2D eigenvalue weighted by Gasteiger charge is -2.26. The summed E-state index contributed by atoms with van der Waals surface area (Å²) in [6, 6.07) is 4.92. The minimum atomic E-state index is -4.73. The molecule has 0 spiro atoms. The van der Waals surface area contributed by atoms with Crippen LogP contribution in [0.15, 0.2) is 24.3 Å². The van der Waals surface area contributed by atoms with Crippen molar-refractivity contribution in [3.8, 4) is 5.75 Å². The van der Waals surface area contributed by atoms with Gasteiger partial charge in [0.05, 0.1) is 0 Å². The van der Waals surface area contributed by atoms with Crippen LogP contribution in [0.2, 0.25) is 0 Å². The van der Waals surface area contributed by atoms with Gasteiger partial charge in [-0.2, -0.15) is 0 Å². The fourth-order valence-electron chi connectivity index (χ4n) is 1.65. The van der Waals surface area contributed by atoms with E-state index in [0.29, 0.717) is 17.4 Å². The predicted octanol–water partition coefficient (Wildman–Crippen LogP) is 3.83. The van der Waals surface area contributed by atoms with Crippen LogP contribution in [-0.2, 0) is 0 Å². The van der Waals surface area contributed by atoms with E-state index in [-0.39, 0.29) is 17.7 Å². The van der Waals surface area contributed by atoms with Crippen molar-refractivity contribution in [1.82, 2.24) is 4.90 Å². The Labute approximate surface area is 123 Å². The number of benzene rings is 1. The second-order valence-electron chi connectivity index (χ2n) is 4.35. The highest BCUT2D eigenvalue weighted by atomic mass is 79.9. The molecule has 0 saturated carbocycles. The number of hydrogen-bond acceptors (Lipinski definition) is 2. The van der Waals surface area contributed by atoms with Gasteiger partial charge in [0.15, 0.2) is 0 Å². The van der Waals surface area contributed by atoms with Crippen LogP contribution in [0.1, 0.15) is 24.2 Å². The summed E-state index contributed by atoms with van der Waals surface area (Å²) in [6.07, 6.45) is -4.73. The molecule has 0 aliphatic heterocycles. The molecule has 1 rings (SSSR count). The molecule has 1 aromatic rings. The van der Waals surface area contributed by atoms with E-state index in [1.54, 1.807) is 4.90 Å². The number of alkyl halides is 4. The number of ether oxygens (including phenoxy) is 1. The summed E-state index contributed by atoms with van der Waals surface area (Å²) >= 11 is 3.26. The third-order valence-electron chi connectivity index (χ3n) is 2.54. The Morgan fingerprint density at radius 1 is 1.30 bits per heavy atom. The van der Waals surface area contributed by atoms with Gasteiger partial charge in [-0.15, -0.1) is 13.2 Å². The molecule has 0 atom stereocenters. The first-order chi connectivity index (χ1) is 9.24. The van der Waals surface area contributed by atoms with Crippen LogP contribution in [-0.4, -0.2) is 35.1 Å². The van der Waals surface area contributed by atoms with Crippen LogP contribution < -0.4 is 4.74 Å². The summed E-state index contributed by atoms with van der Waals surface area (Å²) in [7, 11) is 0. The Hall–Kier alpha value is -1.24. The van der Waals surface area contributed by atoms with E-state index in [2.05, 4.69) is 20.7 Å². The zero-order chi connectivity index (χ0) is 15.3. The molecule has 0 N–H and O–H groups in total. The minimum Gasteiger partial charge on any atom is -0.406 e. The smallest absolute Gasteiger partial charge is 0.406 e. The fourth-order valence-corrected chi connectivity index (χ4v) is 2.03. The maximum Gasteiger partial charge on any atom is 0.573 e. The lowest BCUT2D eigenvalue weighted by molar-refractivity contribution is -0.274. The van der Waals surface area contributed by atoms with E-state index < -0.39 is 6.36 Å². The molecule has 0 heterocycles. The Bertz CT molecular complexity index is 446. The number of rotatable bonds is 5. The molecule has 0 radical (unpaired) electrons. The van der Waals surface area contributed by atoms with E-state index in [9.17, 15) is 18.0 Å². The van der Waals surface area contributed by atoms with Gasteiger partial charge in [-0.1, -0.05) is 15.9 Å². The molecule has 112 valence electrons. The number of carbonyl (C=O) groups excluding carboxylic acids is 1. The molecular weight excluding hydrogens is 339 g/mol. The Morgan fingerprint density at radius 3 is 2.25 bits per heavy atom. The van der Waals surface area contributed by atoms with Crippen molar-refractivity contribution >= 4 is 21.8 Å². The standard InChI is InChI=1S/C13H15BrF3NO2/c1-9(2)18(8-7-14)12(19)10-3-5-11(6-4-10)20-13(15,16)17/h3-6,9H,7-8H2,1-2H3. The maximum atomic E-state index is 12.2. The van der Waals surface area contributed by atoms with Gasteiger partial charge in [0.2, 0.25) is 0 Å². The molecule has 1 amide bonds. The number of amides is 1. The summed E-state index contributed by atoms with van der Waals surface area (Å²) in [4.78, 5) is 13.8. The van der Waals surface area contributed by atoms with Gasteiger partial charge in [0.25, 0.3) is 5.91 Å². The van der Waals surface area contributed by atoms with Crippen molar-refractivity contribution in [1.29, 1.82) is 0 Å². The van der Waals surface area contributed by atoms with Gasteiger partial charge in [0.1, 0.15) is 5.75 Å². The summed E-state index contributed by atoms with van der Waals surface area (Å²) in [5.41, 5.74) is 0.328. The second-order valence-corrected chi connectivity index (χ2v) is 5.15. The normalized spacial score (nSPS) is 11.6. The molecule has 0 saturated heterocycles. The van der Waals surface area contributed by atoms with Gasteiger partial charge >= 0.3 is 6.36 Å². The topological polar surface area (TPSA) is 29.5 Å².